The second kappa shape index (κ2) is 7.08. The van der Waals surface area contributed by atoms with Gasteiger partial charge in [-0.25, -0.2) is 0 Å². The molecule has 0 atom stereocenters. The largest absolute Gasteiger partial charge is 0.427 e. The van der Waals surface area contributed by atoms with E-state index in [9.17, 15) is 0 Å². The normalized spacial score (nSPS) is 11.6. The molecular weight excluding hydrogens is 247 g/mol. The van der Waals surface area contributed by atoms with Gasteiger partial charge in [0, 0.05) is 0 Å². The zero-order valence-corrected chi connectivity index (χ0v) is 12.4. The highest BCUT2D eigenvalue weighted by molar-refractivity contribution is 7.39. The van der Waals surface area contributed by atoms with Crippen LogP contribution in [0.25, 0.3) is 0 Å². The summed E-state index contributed by atoms with van der Waals surface area (Å²) in [7, 11) is -2.35. The van der Waals surface area contributed by atoms with Gasteiger partial charge >= 0.3 is 8.60 Å². The van der Waals surface area contributed by atoms with Crippen LogP contribution in [-0.4, -0.2) is 9.79 Å². The monoisotopic (exact) mass is 270 g/mol. The van der Waals surface area contributed by atoms with E-state index in [1.165, 1.54) is 5.56 Å². The molecule has 0 saturated heterocycles. The van der Waals surface area contributed by atoms with E-state index in [4.69, 9.17) is 14.3 Å². The molecule has 0 spiro atoms. The maximum Gasteiger partial charge on any atom is 0.391 e. The summed E-state index contributed by atoms with van der Waals surface area (Å²) < 4.78 is 5.14. The van der Waals surface area contributed by atoms with Gasteiger partial charge in [0.1, 0.15) is 5.75 Å². The van der Waals surface area contributed by atoms with Crippen LogP contribution in [0, 0.1) is 11.8 Å². The van der Waals surface area contributed by atoms with Crippen LogP contribution in [0.5, 0.6) is 5.75 Å². The first-order valence-corrected chi connectivity index (χ1v) is 7.53. The highest BCUT2D eigenvalue weighted by Crippen LogP contribution is 2.35. The predicted octanol–water partition coefficient (Wildman–Crippen LogP) is 3.67. The third-order valence-electron chi connectivity index (χ3n) is 2.65. The molecule has 0 heterocycles. The first-order valence-electron chi connectivity index (χ1n) is 6.36. The summed E-state index contributed by atoms with van der Waals surface area (Å²) in [5, 5.41) is 0. The van der Waals surface area contributed by atoms with Crippen molar-refractivity contribution in [2.24, 2.45) is 11.8 Å². The van der Waals surface area contributed by atoms with E-state index in [1.54, 1.807) is 0 Å². The van der Waals surface area contributed by atoms with Crippen molar-refractivity contribution in [3.63, 3.8) is 0 Å². The molecule has 0 aromatic heterocycles. The summed E-state index contributed by atoms with van der Waals surface area (Å²) in [5.74, 6) is 1.68. The highest BCUT2D eigenvalue weighted by Gasteiger charge is 2.14. The van der Waals surface area contributed by atoms with E-state index < -0.39 is 8.60 Å². The minimum Gasteiger partial charge on any atom is -0.427 e. The first-order chi connectivity index (χ1) is 8.40. The Morgan fingerprint density at radius 1 is 1.06 bits per heavy atom. The molecule has 0 bridgehead atoms. The maximum atomic E-state index is 9.04. The Kier molecular flexibility index (Phi) is 6.07. The fraction of sp³-hybridized carbons (Fsp3) is 0.571. The zero-order chi connectivity index (χ0) is 13.7. The standard InChI is InChI=1S/C14H23O3P/c1-10(2)8-12-6-5-7-14(17-18(15)16)13(12)9-11(3)4/h5-7,10-11,15-16H,8-9H2,1-4H3. The Labute approximate surface area is 111 Å². The zero-order valence-electron chi connectivity index (χ0n) is 11.6. The second-order valence-electron chi connectivity index (χ2n) is 5.43. The molecule has 1 aromatic rings. The lowest BCUT2D eigenvalue weighted by Crippen LogP contribution is -2.05. The topological polar surface area (TPSA) is 49.7 Å². The van der Waals surface area contributed by atoms with E-state index >= 15 is 0 Å². The van der Waals surface area contributed by atoms with Gasteiger partial charge in [-0.05, 0) is 41.9 Å². The van der Waals surface area contributed by atoms with Gasteiger partial charge in [-0.3, -0.25) is 0 Å². The van der Waals surface area contributed by atoms with Crippen LogP contribution in [0.1, 0.15) is 38.8 Å². The molecular formula is C14H23O3P. The molecule has 0 aliphatic rings. The minimum atomic E-state index is -2.35. The van der Waals surface area contributed by atoms with Crippen molar-refractivity contribution in [2.45, 2.75) is 40.5 Å². The molecule has 0 unspecified atom stereocenters. The third kappa shape index (κ3) is 4.93. The van der Waals surface area contributed by atoms with Crippen LogP contribution < -0.4 is 4.52 Å². The summed E-state index contributed by atoms with van der Waals surface area (Å²) in [5.41, 5.74) is 2.35. The van der Waals surface area contributed by atoms with Gasteiger partial charge in [-0.2, -0.15) is 0 Å². The molecule has 0 aliphatic carbocycles. The van der Waals surface area contributed by atoms with Gasteiger partial charge in [0.05, 0.1) is 0 Å². The molecule has 0 amide bonds. The quantitative estimate of drug-likeness (QED) is 0.775. The number of hydrogen-bond acceptors (Lipinski definition) is 3. The maximum absolute atomic E-state index is 9.04. The summed E-state index contributed by atoms with van der Waals surface area (Å²) in [4.78, 5) is 18.1. The summed E-state index contributed by atoms with van der Waals surface area (Å²) in [6, 6.07) is 5.82. The van der Waals surface area contributed by atoms with Crippen LogP contribution >= 0.6 is 8.60 Å². The molecule has 18 heavy (non-hydrogen) atoms. The Bertz CT molecular complexity index is 347. The molecule has 4 heteroatoms. The van der Waals surface area contributed by atoms with E-state index in [0.717, 1.165) is 18.4 Å². The van der Waals surface area contributed by atoms with Crippen molar-refractivity contribution in [3.8, 4) is 5.75 Å². The molecule has 0 saturated carbocycles. The van der Waals surface area contributed by atoms with Crippen LogP contribution in [-0.2, 0) is 12.8 Å². The molecule has 102 valence electrons. The van der Waals surface area contributed by atoms with E-state index in [2.05, 4.69) is 33.8 Å². The fourth-order valence-corrected chi connectivity index (χ4v) is 2.40. The van der Waals surface area contributed by atoms with Crippen molar-refractivity contribution in [2.75, 3.05) is 0 Å². The highest BCUT2D eigenvalue weighted by atomic mass is 31.2. The smallest absolute Gasteiger partial charge is 0.391 e. The fourth-order valence-electron chi connectivity index (χ4n) is 2.06. The van der Waals surface area contributed by atoms with Crippen molar-refractivity contribution < 1.29 is 14.3 Å². The summed E-state index contributed by atoms with van der Waals surface area (Å²) >= 11 is 0. The van der Waals surface area contributed by atoms with Gasteiger partial charge in [0.25, 0.3) is 0 Å². The number of rotatable bonds is 6. The minimum absolute atomic E-state index is 0.504. The van der Waals surface area contributed by atoms with E-state index in [1.807, 2.05) is 12.1 Å². The van der Waals surface area contributed by atoms with Gasteiger partial charge in [0.15, 0.2) is 0 Å². The van der Waals surface area contributed by atoms with Gasteiger partial charge in [0.2, 0.25) is 0 Å². The third-order valence-corrected chi connectivity index (χ3v) is 3.01. The van der Waals surface area contributed by atoms with Crippen LogP contribution in [0.3, 0.4) is 0 Å². The average Bonchev–Trinajstić information content (AvgIpc) is 2.20. The summed E-state index contributed by atoms with van der Waals surface area (Å²) in [6.07, 6.45) is 1.87. The van der Waals surface area contributed by atoms with Crippen molar-refractivity contribution in [1.29, 1.82) is 0 Å². The Hall–Kier alpha value is -0.630. The molecule has 3 nitrogen and oxygen atoms in total. The lowest BCUT2D eigenvalue weighted by molar-refractivity contribution is 0.372. The lowest BCUT2D eigenvalue weighted by atomic mass is 9.92. The Morgan fingerprint density at radius 2 is 1.67 bits per heavy atom. The lowest BCUT2D eigenvalue weighted by Gasteiger charge is -2.18. The van der Waals surface area contributed by atoms with Crippen molar-refractivity contribution in [3.05, 3.63) is 29.3 Å². The van der Waals surface area contributed by atoms with Gasteiger partial charge in [-0.1, -0.05) is 39.8 Å². The predicted molar refractivity (Wildman–Crippen MR) is 75.5 cm³/mol. The number of benzene rings is 1. The molecule has 1 aromatic carbocycles. The number of hydrogen-bond donors (Lipinski definition) is 2. The molecule has 0 aliphatic heterocycles. The molecule has 0 fully saturated rings. The Balaban J connectivity index is 3.08. The van der Waals surface area contributed by atoms with Crippen LogP contribution in [0.4, 0.5) is 0 Å². The SMILES string of the molecule is CC(C)Cc1cccc(OP(O)O)c1CC(C)C. The van der Waals surface area contributed by atoms with E-state index in [-0.39, 0.29) is 0 Å². The van der Waals surface area contributed by atoms with Crippen LogP contribution in [0.15, 0.2) is 18.2 Å². The van der Waals surface area contributed by atoms with Crippen LogP contribution in [0.2, 0.25) is 0 Å². The first kappa shape index (κ1) is 15.4. The van der Waals surface area contributed by atoms with Crippen molar-refractivity contribution >= 4 is 8.60 Å². The Morgan fingerprint density at radius 3 is 2.17 bits per heavy atom. The second-order valence-corrected chi connectivity index (χ2v) is 6.12. The van der Waals surface area contributed by atoms with Gasteiger partial charge < -0.3 is 14.3 Å². The molecule has 1 rings (SSSR count). The molecule has 0 radical (unpaired) electrons. The average molecular weight is 270 g/mol. The van der Waals surface area contributed by atoms with Gasteiger partial charge in [-0.15, -0.1) is 0 Å². The summed E-state index contributed by atoms with van der Waals surface area (Å²) in [6.45, 7) is 8.66. The molecule has 2 N–H and O–H groups in total. The van der Waals surface area contributed by atoms with Crippen molar-refractivity contribution in [1.82, 2.24) is 0 Å². The van der Waals surface area contributed by atoms with E-state index in [0.29, 0.717) is 17.6 Å².